The van der Waals surface area contributed by atoms with Crippen LogP contribution in [0, 0.1) is 0 Å². The van der Waals surface area contributed by atoms with E-state index in [0.717, 1.165) is 13.0 Å². The second kappa shape index (κ2) is 5.28. The van der Waals surface area contributed by atoms with Gasteiger partial charge in [-0.25, -0.2) is 0 Å². The number of nitrogens with zero attached hydrogens (tertiary/aromatic N) is 2. The van der Waals surface area contributed by atoms with Crippen molar-refractivity contribution in [2.75, 3.05) is 33.7 Å². The van der Waals surface area contributed by atoms with Gasteiger partial charge in [-0.1, -0.05) is 0 Å². The SMILES string of the molecule is CN1CCC(N(C)CCC(C)(C)O)CC1. The summed E-state index contributed by atoms with van der Waals surface area (Å²) in [6.45, 7) is 7.18. The van der Waals surface area contributed by atoms with E-state index in [0.29, 0.717) is 6.04 Å². The lowest BCUT2D eigenvalue weighted by atomic mass is 10.0. The van der Waals surface area contributed by atoms with Gasteiger partial charge in [0.1, 0.15) is 0 Å². The highest BCUT2D eigenvalue weighted by atomic mass is 16.3. The maximum absolute atomic E-state index is 9.67. The Morgan fingerprint density at radius 2 is 1.87 bits per heavy atom. The van der Waals surface area contributed by atoms with E-state index < -0.39 is 5.60 Å². The van der Waals surface area contributed by atoms with Crippen LogP contribution in [0.5, 0.6) is 0 Å². The van der Waals surface area contributed by atoms with Crippen LogP contribution in [-0.4, -0.2) is 60.3 Å². The molecule has 1 aliphatic heterocycles. The summed E-state index contributed by atoms with van der Waals surface area (Å²) in [7, 11) is 4.37. The monoisotopic (exact) mass is 214 g/mol. The Labute approximate surface area is 94.1 Å². The van der Waals surface area contributed by atoms with Crippen molar-refractivity contribution < 1.29 is 5.11 Å². The summed E-state index contributed by atoms with van der Waals surface area (Å²) in [6.07, 6.45) is 3.38. The Balaban J connectivity index is 2.25. The van der Waals surface area contributed by atoms with Gasteiger partial charge in [-0.2, -0.15) is 0 Å². The van der Waals surface area contributed by atoms with Crippen molar-refractivity contribution in [1.29, 1.82) is 0 Å². The molecule has 0 unspecified atom stereocenters. The fourth-order valence-corrected chi connectivity index (χ4v) is 2.07. The normalized spacial score (nSPS) is 21.2. The van der Waals surface area contributed by atoms with Gasteiger partial charge in [0.25, 0.3) is 0 Å². The molecule has 1 fully saturated rings. The van der Waals surface area contributed by atoms with Crippen molar-refractivity contribution in [3.05, 3.63) is 0 Å². The number of rotatable bonds is 4. The van der Waals surface area contributed by atoms with E-state index in [9.17, 15) is 5.11 Å². The average molecular weight is 214 g/mol. The molecule has 0 aliphatic carbocycles. The number of piperidine rings is 1. The van der Waals surface area contributed by atoms with Crippen LogP contribution in [-0.2, 0) is 0 Å². The predicted molar refractivity (Wildman–Crippen MR) is 64.1 cm³/mol. The summed E-state index contributed by atoms with van der Waals surface area (Å²) in [4.78, 5) is 4.80. The fourth-order valence-electron chi connectivity index (χ4n) is 2.07. The summed E-state index contributed by atoms with van der Waals surface area (Å²) in [5.41, 5.74) is -0.528. The van der Waals surface area contributed by atoms with Crippen LogP contribution in [0.4, 0.5) is 0 Å². The minimum absolute atomic E-state index is 0.528. The lowest BCUT2D eigenvalue weighted by Gasteiger charge is -2.36. The van der Waals surface area contributed by atoms with E-state index in [1.807, 2.05) is 13.8 Å². The first kappa shape index (κ1) is 12.9. The van der Waals surface area contributed by atoms with Gasteiger partial charge in [-0.15, -0.1) is 0 Å². The van der Waals surface area contributed by atoms with E-state index in [-0.39, 0.29) is 0 Å². The van der Waals surface area contributed by atoms with Crippen LogP contribution in [0.15, 0.2) is 0 Å². The van der Waals surface area contributed by atoms with E-state index in [1.165, 1.54) is 25.9 Å². The standard InChI is InChI=1S/C12H26N2O/c1-12(2,15)7-10-14(4)11-5-8-13(3)9-6-11/h11,15H,5-10H2,1-4H3. The van der Waals surface area contributed by atoms with Gasteiger partial charge in [0, 0.05) is 12.6 Å². The fraction of sp³-hybridized carbons (Fsp3) is 1.00. The molecule has 1 saturated heterocycles. The quantitative estimate of drug-likeness (QED) is 0.761. The van der Waals surface area contributed by atoms with Crippen LogP contribution in [0.3, 0.4) is 0 Å². The molecule has 0 spiro atoms. The third-order valence-corrected chi connectivity index (χ3v) is 3.39. The molecule has 1 rings (SSSR count). The molecule has 0 aromatic heterocycles. The highest BCUT2D eigenvalue weighted by Gasteiger charge is 2.22. The first-order chi connectivity index (χ1) is 6.88. The van der Waals surface area contributed by atoms with Gasteiger partial charge < -0.3 is 14.9 Å². The Bertz CT molecular complexity index is 181. The zero-order valence-corrected chi connectivity index (χ0v) is 10.7. The molecule has 1 aliphatic rings. The van der Waals surface area contributed by atoms with Crippen LogP contribution in [0.1, 0.15) is 33.1 Å². The molecule has 90 valence electrons. The van der Waals surface area contributed by atoms with E-state index >= 15 is 0 Å². The molecular weight excluding hydrogens is 188 g/mol. The summed E-state index contributed by atoms with van der Waals surface area (Å²) in [5, 5.41) is 9.67. The van der Waals surface area contributed by atoms with Crippen molar-refractivity contribution in [1.82, 2.24) is 9.80 Å². The average Bonchev–Trinajstić information content (AvgIpc) is 2.14. The maximum Gasteiger partial charge on any atom is 0.0603 e. The number of hydrogen-bond donors (Lipinski definition) is 1. The molecule has 3 nitrogen and oxygen atoms in total. The van der Waals surface area contributed by atoms with Crippen LogP contribution >= 0.6 is 0 Å². The van der Waals surface area contributed by atoms with Crippen molar-refractivity contribution in [2.24, 2.45) is 0 Å². The molecule has 1 heterocycles. The minimum atomic E-state index is -0.528. The highest BCUT2D eigenvalue weighted by molar-refractivity contribution is 4.78. The van der Waals surface area contributed by atoms with E-state index in [4.69, 9.17) is 0 Å². The number of hydrogen-bond acceptors (Lipinski definition) is 3. The maximum atomic E-state index is 9.67. The third-order valence-electron chi connectivity index (χ3n) is 3.39. The molecule has 1 N–H and O–H groups in total. The lowest BCUT2D eigenvalue weighted by Crippen LogP contribution is -2.43. The molecule has 0 bridgehead atoms. The Morgan fingerprint density at radius 3 is 2.33 bits per heavy atom. The predicted octanol–water partition coefficient (Wildman–Crippen LogP) is 1.17. The van der Waals surface area contributed by atoms with Gasteiger partial charge in [-0.3, -0.25) is 0 Å². The summed E-state index contributed by atoms with van der Waals surface area (Å²) in [5.74, 6) is 0. The molecule has 0 atom stereocenters. The van der Waals surface area contributed by atoms with Crippen LogP contribution < -0.4 is 0 Å². The molecule has 3 heteroatoms. The summed E-state index contributed by atoms with van der Waals surface area (Å²) < 4.78 is 0. The molecule has 0 aromatic carbocycles. The summed E-state index contributed by atoms with van der Waals surface area (Å²) >= 11 is 0. The first-order valence-corrected chi connectivity index (χ1v) is 5.99. The zero-order chi connectivity index (χ0) is 11.5. The smallest absolute Gasteiger partial charge is 0.0603 e. The number of aliphatic hydroxyl groups is 1. The topological polar surface area (TPSA) is 26.7 Å². The van der Waals surface area contributed by atoms with Crippen molar-refractivity contribution in [3.63, 3.8) is 0 Å². The number of likely N-dealkylation sites (tertiary alicyclic amines) is 1. The Kier molecular flexibility index (Phi) is 4.56. The van der Waals surface area contributed by atoms with Crippen molar-refractivity contribution in [3.8, 4) is 0 Å². The second-order valence-electron chi connectivity index (χ2n) is 5.58. The molecule has 0 amide bonds. The highest BCUT2D eigenvalue weighted by Crippen LogP contribution is 2.16. The molecular formula is C12H26N2O. The largest absolute Gasteiger partial charge is 0.390 e. The van der Waals surface area contributed by atoms with Gasteiger partial charge in [0.05, 0.1) is 5.60 Å². The lowest BCUT2D eigenvalue weighted by molar-refractivity contribution is 0.0495. The van der Waals surface area contributed by atoms with Gasteiger partial charge in [-0.05, 0) is 60.3 Å². The van der Waals surface area contributed by atoms with Crippen LogP contribution in [0.2, 0.25) is 0 Å². The third kappa shape index (κ3) is 4.96. The Hall–Kier alpha value is -0.120. The van der Waals surface area contributed by atoms with Crippen molar-refractivity contribution in [2.45, 2.75) is 44.8 Å². The first-order valence-electron chi connectivity index (χ1n) is 5.99. The minimum Gasteiger partial charge on any atom is -0.390 e. The molecule has 0 radical (unpaired) electrons. The van der Waals surface area contributed by atoms with E-state index in [1.54, 1.807) is 0 Å². The van der Waals surface area contributed by atoms with Crippen LogP contribution in [0.25, 0.3) is 0 Å². The molecule has 0 aromatic rings. The molecule has 0 saturated carbocycles. The summed E-state index contributed by atoms with van der Waals surface area (Å²) in [6, 6.07) is 0.712. The zero-order valence-electron chi connectivity index (χ0n) is 10.7. The second-order valence-corrected chi connectivity index (χ2v) is 5.58. The Morgan fingerprint density at radius 1 is 1.33 bits per heavy atom. The van der Waals surface area contributed by atoms with Crippen molar-refractivity contribution >= 4 is 0 Å². The van der Waals surface area contributed by atoms with Gasteiger partial charge in [0.2, 0.25) is 0 Å². The van der Waals surface area contributed by atoms with Gasteiger partial charge in [0.15, 0.2) is 0 Å². The van der Waals surface area contributed by atoms with E-state index in [2.05, 4.69) is 23.9 Å². The molecule has 15 heavy (non-hydrogen) atoms. The van der Waals surface area contributed by atoms with Gasteiger partial charge >= 0.3 is 0 Å².